The van der Waals surface area contributed by atoms with E-state index < -0.39 is 0 Å². The molecule has 4 rings (SSSR count). The number of hydrogen-bond donors (Lipinski definition) is 0. The summed E-state index contributed by atoms with van der Waals surface area (Å²) in [6, 6.07) is 11.8. The fourth-order valence-corrected chi connectivity index (χ4v) is 3.50. The first-order valence-electron chi connectivity index (χ1n) is 7.97. The molecule has 0 aliphatic carbocycles. The Hall–Kier alpha value is -2.27. The second-order valence-corrected chi connectivity index (χ2v) is 6.07. The Balaban J connectivity index is 1.63. The van der Waals surface area contributed by atoms with E-state index in [0.29, 0.717) is 26.4 Å². The van der Waals surface area contributed by atoms with Crippen LogP contribution in [-0.4, -0.2) is 41.7 Å². The van der Waals surface area contributed by atoms with E-state index in [1.165, 1.54) is 0 Å². The number of carbonyl (C=O) groups excluding carboxylic acids is 1. The Morgan fingerprint density at radius 2 is 2.04 bits per heavy atom. The predicted molar refractivity (Wildman–Crippen MR) is 85.4 cm³/mol. The van der Waals surface area contributed by atoms with Crippen LogP contribution in [0.2, 0.25) is 0 Å². The number of rotatable bonds is 2. The summed E-state index contributed by atoms with van der Waals surface area (Å²) in [5.74, 6) is 0.742. The molecule has 0 radical (unpaired) electrons. The third-order valence-corrected chi connectivity index (χ3v) is 4.73. The molecule has 0 N–H and O–H groups in total. The molecule has 0 spiro atoms. The van der Waals surface area contributed by atoms with E-state index in [4.69, 9.17) is 9.47 Å². The molecule has 5 nitrogen and oxygen atoms in total. The molecule has 1 saturated heterocycles. The van der Waals surface area contributed by atoms with Gasteiger partial charge < -0.3 is 18.9 Å². The van der Waals surface area contributed by atoms with Crippen LogP contribution in [0, 0.1) is 0 Å². The predicted octanol–water partition coefficient (Wildman–Crippen LogP) is 2.10. The average Bonchev–Trinajstić information content (AvgIpc) is 3.20. The van der Waals surface area contributed by atoms with E-state index in [-0.39, 0.29) is 17.9 Å². The molecule has 3 heterocycles. The highest BCUT2D eigenvalue weighted by atomic mass is 16.5. The second-order valence-electron chi connectivity index (χ2n) is 6.07. The van der Waals surface area contributed by atoms with Gasteiger partial charge in [0, 0.05) is 31.0 Å². The number of amides is 1. The SMILES string of the molecule is Cn1cccc1[C@H]1COCCN1C(=O)[C@H]1COc2ccccc21. The van der Waals surface area contributed by atoms with Crippen LogP contribution in [0.25, 0.3) is 0 Å². The molecule has 1 aromatic heterocycles. The molecule has 2 aliphatic rings. The van der Waals surface area contributed by atoms with Crippen LogP contribution in [0.3, 0.4) is 0 Å². The van der Waals surface area contributed by atoms with Crippen molar-refractivity contribution in [2.24, 2.45) is 7.05 Å². The van der Waals surface area contributed by atoms with Gasteiger partial charge in [-0.15, -0.1) is 0 Å². The minimum Gasteiger partial charge on any atom is -0.492 e. The van der Waals surface area contributed by atoms with Gasteiger partial charge in [0.1, 0.15) is 18.3 Å². The van der Waals surface area contributed by atoms with Crippen molar-refractivity contribution in [1.29, 1.82) is 0 Å². The van der Waals surface area contributed by atoms with Crippen LogP contribution in [0.5, 0.6) is 5.75 Å². The average molecular weight is 312 g/mol. The van der Waals surface area contributed by atoms with Crippen molar-refractivity contribution in [2.75, 3.05) is 26.4 Å². The van der Waals surface area contributed by atoms with Crippen LogP contribution in [0.1, 0.15) is 23.2 Å². The van der Waals surface area contributed by atoms with Gasteiger partial charge in [0.2, 0.25) is 5.91 Å². The minimum atomic E-state index is -0.216. The topological polar surface area (TPSA) is 43.7 Å². The number of fused-ring (bicyclic) bond motifs is 1. The maximum atomic E-state index is 13.2. The highest BCUT2D eigenvalue weighted by molar-refractivity contribution is 5.86. The van der Waals surface area contributed by atoms with Crippen molar-refractivity contribution >= 4 is 5.91 Å². The van der Waals surface area contributed by atoms with Gasteiger partial charge in [-0.1, -0.05) is 18.2 Å². The van der Waals surface area contributed by atoms with Gasteiger partial charge in [-0.3, -0.25) is 4.79 Å². The molecule has 1 fully saturated rings. The van der Waals surface area contributed by atoms with Crippen molar-refractivity contribution in [3.63, 3.8) is 0 Å². The van der Waals surface area contributed by atoms with Crippen molar-refractivity contribution in [3.8, 4) is 5.75 Å². The number of aromatic nitrogens is 1. The Morgan fingerprint density at radius 1 is 1.17 bits per heavy atom. The standard InChI is InChI=1S/C18H20N2O3/c1-19-8-4-6-15(19)16-12-22-10-9-20(16)18(21)14-11-23-17-7-3-2-5-13(14)17/h2-8,14,16H,9-12H2,1H3/t14-,16+/m0/s1. The zero-order valence-electron chi connectivity index (χ0n) is 13.1. The van der Waals surface area contributed by atoms with E-state index in [1.807, 2.05) is 48.5 Å². The largest absolute Gasteiger partial charge is 0.492 e. The molecule has 5 heteroatoms. The van der Waals surface area contributed by atoms with Gasteiger partial charge in [-0.25, -0.2) is 0 Å². The second kappa shape index (κ2) is 5.74. The number of hydrogen-bond acceptors (Lipinski definition) is 3. The van der Waals surface area contributed by atoms with Crippen LogP contribution >= 0.6 is 0 Å². The van der Waals surface area contributed by atoms with Crippen molar-refractivity contribution in [1.82, 2.24) is 9.47 Å². The van der Waals surface area contributed by atoms with E-state index in [9.17, 15) is 4.79 Å². The van der Waals surface area contributed by atoms with Crippen molar-refractivity contribution in [2.45, 2.75) is 12.0 Å². The molecular formula is C18H20N2O3. The van der Waals surface area contributed by atoms with E-state index in [0.717, 1.165) is 17.0 Å². The van der Waals surface area contributed by atoms with Gasteiger partial charge in [-0.05, 0) is 18.2 Å². The maximum Gasteiger partial charge on any atom is 0.234 e. The number of benzene rings is 1. The summed E-state index contributed by atoms with van der Waals surface area (Å²) in [7, 11) is 2.00. The fraction of sp³-hybridized carbons (Fsp3) is 0.389. The lowest BCUT2D eigenvalue weighted by atomic mass is 9.98. The summed E-state index contributed by atoms with van der Waals surface area (Å²) in [6.07, 6.45) is 2.00. The Labute approximate surface area is 135 Å². The van der Waals surface area contributed by atoms with Crippen molar-refractivity contribution < 1.29 is 14.3 Å². The van der Waals surface area contributed by atoms with Gasteiger partial charge >= 0.3 is 0 Å². The zero-order valence-corrected chi connectivity index (χ0v) is 13.1. The summed E-state index contributed by atoms with van der Waals surface area (Å²) in [4.78, 5) is 15.1. The lowest BCUT2D eigenvalue weighted by Crippen LogP contribution is -2.46. The summed E-state index contributed by atoms with van der Waals surface area (Å²) in [5, 5.41) is 0. The Kier molecular flexibility index (Phi) is 3.58. The van der Waals surface area contributed by atoms with Crippen LogP contribution < -0.4 is 4.74 Å². The van der Waals surface area contributed by atoms with Gasteiger partial charge in [-0.2, -0.15) is 0 Å². The molecule has 0 bridgehead atoms. The number of morpholine rings is 1. The highest BCUT2D eigenvalue weighted by Gasteiger charge is 2.38. The lowest BCUT2D eigenvalue weighted by molar-refractivity contribution is -0.142. The number of nitrogens with zero attached hydrogens (tertiary/aromatic N) is 2. The number of carbonyl (C=O) groups is 1. The van der Waals surface area contributed by atoms with E-state index in [2.05, 4.69) is 10.6 Å². The molecule has 2 atom stereocenters. The Morgan fingerprint density at radius 3 is 2.87 bits per heavy atom. The molecule has 2 aromatic rings. The first-order chi connectivity index (χ1) is 11.3. The lowest BCUT2D eigenvalue weighted by Gasteiger charge is -2.37. The quantitative estimate of drug-likeness (QED) is 0.853. The van der Waals surface area contributed by atoms with E-state index in [1.54, 1.807) is 0 Å². The minimum absolute atomic E-state index is 0.0380. The molecule has 2 aliphatic heterocycles. The van der Waals surface area contributed by atoms with Crippen LogP contribution in [0.15, 0.2) is 42.6 Å². The summed E-state index contributed by atoms with van der Waals surface area (Å²) in [5.41, 5.74) is 2.10. The van der Waals surface area contributed by atoms with Crippen LogP contribution in [-0.2, 0) is 16.6 Å². The normalized spacial score (nSPS) is 23.4. The smallest absolute Gasteiger partial charge is 0.234 e. The number of ether oxygens (including phenoxy) is 2. The molecule has 1 aromatic carbocycles. The van der Waals surface area contributed by atoms with Gasteiger partial charge in [0.15, 0.2) is 0 Å². The summed E-state index contributed by atoms with van der Waals surface area (Å²) < 4.78 is 13.4. The van der Waals surface area contributed by atoms with E-state index >= 15 is 0 Å². The molecule has 0 unspecified atom stereocenters. The van der Waals surface area contributed by atoms with Crippen molar-refractivity contribution in [3.05, 3.63) is 53.9 Å². The molecule has 1 amide bonds. The first-order valence-corrected chi connectivity index (χ1v) is 7.97. The molecule has 23 heavy (non-hydrogen) atoms. The molecule has 120 valence electrons. The highest BCUT2D eigenvalue weighted by Crippen LogP contribution is 2.36. The Bertz CT molecular complexity index is 725. The first kappa shape index (κ1) is 14.3. The molecular weight excluding hydrogens is 292 g/mol. The fourth-order valence-electron chi connectivity index (χ4n) is 3.50. The molecule has 0 saturated carbocycles. The zero-order chi connectivity index (χ0) is 15.8. The summed E-state index contributed by atoms with van der Waals surface area (Å²) >= 11 is 0. The maximum absolute atomic E-state index is 13.2. The third-order valence-electron chi connectivity index (χ3n) is 4.73. The number of para-hydroxylation sites is 1. The van der Waals surface area contributed by atoms with Gasteiger partial charge in [0.05, 0.1) is 19.3 Å². The summed E-state index contributed by atoms with van der Waals surface area (Å²) in [6.45, 7) is 2.17. The monoisotopic (exact) mass is 312 g/mol. The third kappa shape index (κ3) is 2.41. The number of aryl methyl sites for hydroxylation is 1. The van der Waals surface area contributed by atoms with Gasteiger partial charge in [0.25, 0.3) is 0 Å². The van der Waals surface area contributed by atoms with Crippen LogP contribution in [0.4, 0.5) is 0 Å².